The molecule has 0 spiro atoms. The topological polar surface area (TPSA) is 29.5 Å². The maximum Gasteiger partial charge on any atom is 0.240 e. The lowest BCUT2D eigenvalue weighted by atomic mass is 10.5. The fraction of sp³-hybridized carbons (Fsp3) is 1.00. The fourth-order valence-electron chi connectivity index (χ4n) is 0.606. The number of aliphatic hydroxyl groups excluding tert-OH is 1. The van der Waals surface area contributed by atoms with Gasteiger partial charge in [-0.1, -0.05) is 34.8 Å². The first-order valence-electron chi connectivity index (χ1n) is 3.36. The Morgan fingerprint density at radius 2 is 2.00 bits per heavy atom. The van der Waals surface area contributed by atoms with E-state index in [1.54, 1.807) is 0 Å². The van der Waals surface area contributed by atoms with Crippen molar-refractivity contribution in [3.05, 3.63) is 0 Å². The van der Waals surface area contributed by atoms with Gasteiger partial charge < -0.3 is 9.84 Å². The van der Waals surface area contributed by atoms with Crippen LogP contribution in [0.4, 0.5) is 0 Å². The van der Waals surface area contributed by atoms with Crippen molar-refractivity contribution in [2.24, 2.45) is 5.92 Å². The molecule has 1 N–H and O–H groups in total. The van der Waals surface area contributed by atoms with Gasteiger partial charge in [0.15, 0.2) is 0 Å². The minimum Gasteiger partial charge on any atom is -0.365 e. The molecule has 0 aromatic rings. The summed E-state index contributed by atoms with van der Waals surface area (Å²) in [4.78, 5) is 0. The Kier molecular flexibility index (Phi) is 3.29. The SMILES string of the molecule is OC(OCC1CC1)C(Cl)(Cl)Cl. The summed E-state index contributed by atoms with van der Waals surface area (Å²) in [7, 11) is 0. The molecule has 1 rings (SSSR count). The Morgan fingerprint density at radius 1 is 1.45 bits per heavy atom. The smallest absolute Gasteiger partial charge is 0.240 e. The Balaban J connectivity index is 2.13. The summed E-state index contributed by atoms with van der Waals surface area (Å²) in [5, 5.41) is 9.04. The van der Waals surface area contributed by atoms with E-state index in [1.807, 2.05) is 0 Å². The molecule has 1 aliphatic rings. The molecule has 1 fully saturated rings. The molecular formula is C6H9Cl3O2. The van der Waals surface area contributed by atoms with Gasteiger partial charge in [-0.05, 0) is 18.8 Å². The molecular weight excluding hydrogens is 210 g/mol. The second kappa shape index (κ2) is 3.67. The monoisotopic (exact) mass is 218 g/mol. The molecule has 0 aliphatic heterocycles. The maximum absolute atomic E-state index is 9.04. The third kappa shape index (κ3) is 3.81. The summed E-state index contributed by atoms with van der Waals surface area (Å²) in [6, 6.07) is 0. The second-order valence-electron chi connectivity index (χ2n) is 2.67. The zero-order chi connectivity index (χ0) is 8.48. The van der Waals surface area contributed by atoms with Gasteiger partial charge in [0.2, 0.25) is 10.1 Å². The molecule has 0 radical (unpaired) electrons. The highest BCUT2D eigenvalue weighted by Crippen LogP contribution is 2.34. The van der Waals surface area contributed by atoms with Crippen LogP contribution in [0.3, 0.4) is 0 Å². The van der Waals surface area contributed by atoms with Gasteiger partial charge in [-0.25, -0.2) is 0 Å². The fourth-order valence-corrected chi connectivity index (χ4v) is 0.795. The van der Waals surface area contributed by atoms with Crippen LogP contribution in [0.1, 0.15) is 12.8 Å². The van der Waals surface area contributed by atoms with Crippen LogP contribution in [0.2, 0.25) is 0 Å². The highest BCUT2D eigenvalue weighted by Gasteiger charge is 2.33. The van der Waals surface area contributed by atoms with Crippen molar-refractivity contribution in [3.8, 4) is 0 Å². The standard InChI is InChI=1S/C6H9Cl3O2/c7-6(8,9)5(10)11-3-4-1-2-4/h4-5,10H,1-3H2. The molecule has 66 valence electrons. The molecule has 2 nitrogen and oxygen atoms in total. The molecule has 1 atom stereocenters. The van der Waals surface area contributed by atoms with Crippen molar-refractivity contribution in [1.82, 2.24) is 0 Å². The minimum atomic E-state index is -1.73. The normalized spacial score (nSPS) is 21.8. The van der Waals surface area contributed by atoms with E-state index in [1.165, 1.54) is 0 Å². The average molecular weight is 219 g/mol. The number of rotatable bonds is 3. The van der Waals surface area contributed by atoms with Crippen molar-refractivity contribution in [1.29, 1.82) is 0 Å². The van der Waals surface area contributed by atoms with Crippen molar-refractivity contribution >= 4 is 34.8 Å². The van der Waals surface area contributed by atoms with Crippen molar-refractivity contribution < 1.29 is 9.84 Å². The first kappa shape index (κ1) is 9.87. The molecule has 11 heavy (non-hydrogen) atoms. The molecule has 0 amide bonds. The minimum absolute atomic E-state index is 0.481. The molecule has 5 heteroatoms. The van der Waals surface area contributed by atoms with E-state index in [9.17, 15) is 0 Å². The van der Waals surface area contributed by atoms with Gasteiger partial charge in [0, 0.05) is 0 Å². The highest BCUT2D eigenvalue weighted by molar-refractivity contribution is 6.67. The predicted molar refractivity (Wildman–Crippen MR) is 45.0 cm³/mol. The quantitative estimate of drug-likeness (QED) is 0.582. The lowest BCUT2D eigenvalue weighted by molar-refractivity contribution is -0.0987. The zero-order valence-electron chi connectivity index (χ0n) is 5.77. The van der Waals surface area contributed by atoms with E-state index in [0.29, 0.717) is 12.5 Å². The summed E-state index contributed by atoms with van der Waals surface area (Å²) in [6.45, 7) is 0.481. The highest BCUT2D eigenvalue weighted by atomic mass is 35.6. The van der Waals surface area contributed by atoms with Crippen LogP contribution in [-0.2, 0) is 4.74 Å². The van der Waals surface area contributed by atoms with Gasteiger partial charge in [-0.3, -0.25) is 0 Å². The summed E-state index contributed by atoms with van der Waals surface area (Å²) in [6.07, 6.45) is 0.979. The molecule has 1 aliphatic carbocycles. The molecule has 0 aromatic carbocycles. The Labute approximate surface area is 80.4 Å². The van der Waals surface area contributed by atoms with Crippen LogP contribution in [0, 0.1) is 5.92 Å². The predicted octanol–water partition coefficient (Wildman–Crippen LogP) is 2.10. The first-order valence-corrected chi connectivity index (χ1v) is 4.50. The number of aliphatic hydroxyl groups is 1. The summed E-state index contributed by atoms with van der Waals surface area (Å²) in [5.74, 6) is 0.553. The Morgan fingerprint density at radius 3 is 2.36 bits per heavy atom. The first-order chi connectivity index (χ1) is 5.00. The van der Waals surface area contributed by atoms with Gasteiger partial charge in [0.05, 0.1) is 6.61 Å². The van der Waals surface area contributed by atoms with Crippen molar-refractivity contribution in [2.45, 2.75) is 22.9 Å². The van der Waals surface area contributed by atoms with Crippen LogP contribution < -0.4 is 0 Å². The lowest BCUT2D eigenvalue weighted by Crippen LogP contribution is -2.28. The van der Waals surface area contributed by atoms with Crippen LogP contribution >= 0.6 is 34.8 Å². The van der Waals surface area contributed by atoms with Crippen LogP contribution in [0.25, 0.3) is 0 Å². The molecule has 1 unspecified atom stereocenters. The zero-order valence-corrected chi connectivity index (χ0v) is 8.03. The lowest BCUT2D eigenvalue weighted by Gasteiger charge is -2.18. The number of hydrogen-bond donors (Lipinski definition) is 1. The van der Waals surface area contributed by atoms with E-state index < -0.39 is 10.1 Å². The average Bonchev–Trinajstić information content (AvgIpc) is 2.62. The van der Waals surface area contributed by atoms with E-state index in [0.717, 1.165) is 12.8 Å². The maximum atomic E-state index is 9.04. The van der Waals surface area contributed by atoms with Gasteiger partial charge in [-0.2, -0.15) is 0 Å². The third-order valence-electron chi connectivity index (χ3n) is 1.47. The number of ether oxygens (including phenoxy) is 1. The Hall–Kier alpha value is 0.790. The van der Waals surface area contributed by atoms with E-state index >= 15 is 0 Å². The van der Waals surface area contributed by atoms with Crippen molar-refractivity contribution in [2.75, 3.05) is 6.61 Å². The number of hydrogen-bond acceptors (Lipinski definition) is 2. The van der Waals surface area contributed by atoms with Gasteiger partial charge in [0.1, 0.15) is 0 Å². The van der Waals surface area contributed by atoms with Crippen LogP contribution in [0.5, 0.6) is 0 Å². The molecule has 1 saturated carbocycles. The number of halogens is 3. The molecule has 0 aromatic heterocycles. The molecule has 0 heterocycles. The summed E-state index contributed by atoms with van der Waals surface area (Å²) >= 11 is 16.0. The van der Waals surface area contributed by atoms with Gasteiger partial charge in [-0.15, -0.1) is 0 Å². The number of alkyl halides is 3. The molecule has 0 saturated heterocycles. The third-order valence-corrected chi connectivity index (χ3v) is 2.03. The van der Waals surface area contributed by atoms with Crippen molar-refractivity contribution in [3.63, 3.8) is 0 Å². The van der Waals surface area contributed by atoms with E-state index in [-0.39, 0.29) is 0 Å². The Bertz CT molecular complexity index is 130. The van der Waals surface area contributed by atoms with Gasteiger partial charge >= 0.3 is 0 Å². The van der Waals surface area contributed by atoms with Crippen LogP contribution in [-0.4, -0.2) is 21.8 Å². The van der Waals surface area contributed by atoms with Crippen LogP contribution in [0.15, 0.2) is 0 Å². The summed E-state index contributed by atoms with van der Waals surface area (Å²) in [5.41, 5.74) is 0. The molecule has 0 bridgehead atoms. The van der Waals surface area contributed by atoms with E-state index in [2.05, 4.69) is 0 Å². The van der Waals surface area contributed by atoms with Gasteiger partial charge in [0.25, 0.3) is 0 Å². The summed E-state index contributed by atoms with van der Waals surface area (Å²) < 4.78 is 3.16. The largest absolute Gasteiger partial charge is 0.365 e. The second-order valence-corrected chi connectivity index (χ2v) is 5.04. The van der Waals surface area contributed by atoms with E-state index in [4.69, 9.17) is 44.6 Å².